The van der Waals surface area contributed by atoms with Crippen molar-refractivity contribution in [1.82, 2.24) is 15.1 Å². The summed E-state index contributed by atoms with van der Waals surface area (Å²) in [6, 6.07) is 8.70. The molecule has 6 heteroatoms. The number of nitrogens with zero attached hydrogens (tertiary/aromatic N) is 3. The van der Waals surface area contributed by atoms with Crippen LogP contribution in [0, 0.1) is 0 Å². The highest BCUT2D eigenvalue weighted by molar-refractivity contribution is 9.10. The zero-order chi connectivity index (χ0) is 15.5. The van der Waals surface area contributed by atoms with Crippen molar-refractivity contribution >= 4 is 27.8 Å². The van der Waals surface area contributed by atoms with Gasteiger partial charge in [-0.25, -0.2) is 0 Å². The molecule has 5 nitrogen and oxygen atoms in total. The van der Waals surface area contributed by atoms with Crippen LogP contribution < -0.4 is 5.32 Å². The van der Waals surface area contributed by atoms with Gasteiger partial charge in [-0.15, -0.1) is 0 Å². The number of hydrogen-bond acceptors (Lipinski definition) is 2. The van der Waals surface area contributed by atoms with Crippen LogP contribution in [-0.2, 0) is 11.3 Å². The van der Waals surface area contributed by atoms with E-state index in [4.69, 9.17) is 0 Å². The van der Waals surface area contributed by atoms with Gasteiger partial charge in [0.05, 0.1) is 6.54 Å². The van der Waals surface area contributed by atoms with Gasteiger partial charge >= 0.3 is 0 Å². The van der Waals surface area contributed by atoms with Crippen molar-refractivity contribution in [2.24, 2.45) is 4.99 Å². The van der Waals surface area contributed by atoms with Crippen molar-refractivity contribution in [3.8, 4) is 0 Å². The Labute approximate surface area is 139 Å². The fourth-order valence-electron chi connectivity index (χ4n) is 2.76. The summed E-state index contributed by atoms with van der Waals surface area (Å²) >= 11 is 3.44. The summed E-state index contributed by atoms with van der Waals surface area (Å²) in [6.07, 6.45) is 2.34. The quantitative estimate of drug-likeness (QED) is 0.657. The van der Waals surface area contributed by atoms with E-state index >= 15 is 0 Å². The van der Waals surface area contributed by atoms with Crippen molar-refractivity contribution < 1.29 is 4.79 Å². The molecule has 1 aliphatic carbocycles. The molecule has 1 aromatic rings. The Balaban J connectivity index is 1.55. The third kappa shape index (κ3) is 3.61. The molecule has 3 rings (SSSR count). The standard InChI is InChI=1S/C16H21BrN4O/c1-18-16(19-10-12-2-4-13(17)5-3-12)20-8-9-21(14-6-7-14)15(22)11-20/h2-5,14H,6-11H2,1H3,(H,18,19). The lowest BCUT2D eigenvalue weighted by atomic mass is 10.2. The Morgan fingerprint density at radius 2 is 2.05 bits per heavy atom. The summed E-state index contributed by atoms with van der Waals surface area (Å²) in [5.74, 6) is 1.02. The summed E-state index contributed by atoms with van der Waals surface area (Å²) in [5, 5.41) is 3.35. The molecular formula is C16H21BrN4O. The molecule has 1 aliphatic heterocycles. The van der Waals surface area contributed by atoms with E-state index in [-0.39, 0.29) is 5.91 Å². The maximum Gasteiger partial charge on any atom is 0.242 e. The first kappa shape index (κ1) is 15.3. The molecular weight excluding hydrogens is 344 g/mol. The van der Waals surface area contributed by atoms with Crippen LogP contribution in [0.4, 0.5) is 0 Å². The number of aliphatic imine (C=N–C) groups is 1. The van der Waals surface area contributed by atoms with E-state index in [0.29, 0.717) is 19.1 Å². The molecule has 118 valence electrons. The van der Waals surface area contributed by atoms with Crippen LogP contribution >= 0.6 is 15.9 Å². The molecule has 1 amide bonds. The Bertz CT molecular complexity index is 568. The second-order valence-corrected chi connectivity index (χ2v) is 6.68. The summed E-state index contributed by atoms with van der Waals surface area (Å²) < 4.78 is 1.07. The van der Waals surface area contributed by atoms with Crippen molar-refractivity contribution in [1.29, 1.82) is 0 Å². The topological polar surface area (TPSA) is 47.9 Å². The number of guanidine groups is 1. The van der Waals surface area contributed by atoms with Crippen LogP contribution in [0.25, 0.3) is 0 Å². The average molecular weight is 365 g/mol. The van der Waals surface area contributed by atoms with Gasteiger partial charge in [-0.2, -0.15) is 0 Å². The number of amides is 1. The first-order chi connectivity index (χ1) is 10.7. The number of benzene rings is 1. The molecule has 2 aliphatic rings. The monoisotopic (exact) mass is 364 g/mol. The van der Waals surface area contributed by atoms with Gasteiger partial charge < -0.3 is 15.1 Å². The molecule has 2 fully saturated rings. The highest BCUT2D eigenvalue weighted by Crippen LogP contribution is 2.28. The number of carbonyl (C=O) groups is 1. The van der Waals surface area contributed by atoms with E-state index in [2.05, 4.69) is 38.4 Å². The normalized spacial score (nSPS) is 19.5. The van der Waals surface area contributed by atoms with Crippen molar-refractivity contribution in [2.45, 2.75) is 25.4 Å². The highest BCUT2D eigenvalue weighted by Gasteiger charge is 2.36. The van der Waals surface area contributed by atoms with E-state index in [1.807, 2.05) is 21.9 Å². The van der Waals surface area contributed by atoms with Crippen LogP contribution in [0.1, 0.15) is 18.4 Å². The van der Waals surface area contributed by atoms with Gasteiger partial charge in [0.25, 0.3) is 0 Å². The first-order valence-corrected chi connectivity index (χ1v) is 8.46. The minimum Gasteiger partial charge on any atom is -0.352 e. The Morgan fingerprint density at radius 3 is 2.64 bits per heavy atom. The van der Waals surface area contributed by atoms with Gasteiger partial charge in [-0.3, -0.25) is 9.79 Å². The molecule has 0 bridgehead atoms. The second-order valence-electron chi connectivity index (χ2n) is 5.77. The van der Waals surface area contributed by atoms with Gasteiger partial charge in [0.1, 0.15) is 0 Å². The summed E-state index contributed by atoms with van der Waals surface area (Å²) in [6.45, 7) is 2.79. The summed E-state index contributed by atoms with van der Waals surface area (Å²) in [4.78, 5) is 20.6. The molecule has 0 atom stereocenters. The number of rotatable bonds is 3. The zero-order valence-corrected chi connectivity index (χ0v) is 14.3. The van der Waals surface area contributed by atoms with Crippen LogP contribution in [0.15, 0.2) is 33.7 Å². The molecule has 22 heavy (non-hydrogen) atoms. The Morgan fingerprint density at radius 1 is 1.32 bits per heavy atom. The molecule has 0 radical (unpaired) electrons. The van der Waals surface area contributed by atoms with Crippen molar-refractivity contribution in [3.05, 3.63) is 34.3 Å². The molecule has 1 heterocycles. The van der Waals surface area contributed by atoms with Crippen LogP contribution in [0.3, 0.4) is 0 Å². The Kier molecular flexibility index (Phi) is 4.66. The van der Waals surface area contributed by atoms with Crippen molar-refractivity contribution in [3.63, 3.8) is 0 Å². The molecule has 1 aromatic carbocycles. The van der Waals surface area contributed by atoms with Gasteiger partial charge in [0.2, 0.25) is 5.91 Å². The van der Waals surface area contributed by atoms with E-state index in [1.54, 1.807) is 7.05 Å². The Hall–Kier alpha value is -1.56. The first-order valence-electron chi connectivity index (χ1n) is 7.67. The van der Waals surface area contributed by atoms with E-state index in [9.17, 15) is 4.79 Å². The van der Waals surface area contributed by atoms with Crippen molar-refractivity contribution in [2.75, 3.05) is 26.7 Å². The lowest BCUT2D eigenvalue weighted by Crippen LogP contribution is -2.55. The van der Waals surface area contributed by atoms with E-state index in [1.165, 1.54) is 18.4 Å². The number of piperazine rings is 1. The molecule has 0 aromatic heterocycles. The predicted molar refractivity (Wildman–Crippen MR) is 90.6 cm³/mol. The largest absolute Gasteiger partial charge is 0.352 e. The second kappa shape index (κ2) is 6.69. The molecule has 1 saturated heterocycles. The smallest absolute Gasteiger partial charge is 0.242 e. The van der Waals surface area contributed by atoms with Gasteiger partial charge in [-0.05, 0) is 30.5 Å². The van der Waals surface area contributed by atoms with Crippen LogP contribution in [0.5, 0.6) is 0 Å². The number of hydrogen-bond donors (Lipinski definition) is 1. The van der Waals surface area contributed by atoms with Gasteiger partial charge in [0, 0.05) is 37.2 Å². The molecule has 0 unspecified atom stereocenters. The number of carbonyl (C=O) groups excluding carboxylic acids is 1. The van der Waals surface area contributed by atoms with Crippen LogP contribution in [-0.4, -0.2) is 54.4 Å². The fraction of sp³-hybridized carbons (Fsp3) is 0.500. The van der Waals surface area contributed by atoms with Crippen LogP contribution in [0.2, 0.25) is 0 Å². The van der Waals surface area contributed by atoms with E-state index in [0.717, 1.165) is 23.5 Å². The van der Waals surface area contributed by atoms with E-state index < -0.39 is 0 Å². The molecule has 0 spiro atoms. The molecule has 1 saturated carbocycles. The molecule has 1 N–H and O–H groups in total. The summed E-state index contributed by atoms with van der Waals surface area (Å²) in [7, 11) is 1.77. The number of nitrogens with one attached hydrogen (secondary N) is 1. The number of halogens is 1. The SMILES string of the molecule is CN=C(NCc1ccc(Br)cc1)N1CCN(C2CC2)C(=O)C1. The van der Waals surface area contributed by atoms with Gasteiger partial charge in [0.15, 0.2) is 5.96 Å². The minimum atomic E-state index is 0.223. The lowest BCUT2D eigenvalue weighted by molar-refractivity contribution is -0.135. The fourth-order valence-corrected chi connectivity index (χ4v) is 3.02. The third-order valence-corrected chi connectivity index (χ3v) is 4.65. The zero-order valence-electron chi connectivity index (χ0n) is 12.8. The lowest BCUT2D eigenvalue weighted by Gasteiger charge is -2.36. The third-order valence-electron chi connectivity index (χ3n) is 4.12. The highest BCUT2D eigenvalue weighted by atomic mass is 79.9. The van der Waals surface area contributed by atoms with Gasteiger partial charge in [-0.1, -0.05) is 28.1 Å². The maximum absolute atomic E-state index is 12.2. The predicted octanol–water partition coefficient (Wildman–Crippen LogP) is 1.83. The summed E-state index contributed by atoms with van der Waals surface area (Å²) in [5.41, 5.74) is 1.19. The average Bonchev–Trinajstić information content (AvgIpc) is 3.34. The minimum absolute atomic E-state index is 0.223. The maximum atomic E-state index is 12.2.